The number of ether oxygens (including phenoxy) is 1. The van der Waals surface area contributed by atoms with Gasteiger partial charge in [-0.25, -0.2) is 13.7 Å². The van der Waals surface area contributed by atoms with Crippen LogP contribution in [0, 0.1) is 5.92 Å². The highest BCUT2D eigenvalue weighted by atomic mass is 32.2. The molecule has 0 unspecified atom stereocenters. The van der Waals surface area contributed by atoms with Crippen LogP contribution in [0.25, 0.3) is 0 Å². The summed E-state index contributed by atoms with van der Waals surface area (Å²) < 4.78 is 20.5. The van der Waals surface area contributed by atoms with Gasteiger partial charge in [-0.05, 0) is 73.6 Å². The molecule has 138 valence electrons. The van der Waals surface area contributed by atoms with Gasteiger partial charge in [0.1, 0.15) is 5.60 Å². The number of carbonyl (C=O) groups is 1. The Morgan fingerprint density at radius 3 is 2.22 bits per heavy atom. The van der Waals surface area contributed by atoms with Crippen molar-refractivity contribution in [3.8, 4) is 0 Å². The molecule has 0 aromatic rings. The van der Waals surface area contributed by atoms with Crippen LogP contribution in [-0.2, 0) is 15.7 Å². The monoisotopic (exact) mass is 348 g/mol. The first kappa shape index (κ1) is 20.4. The highest BCUT2D eigenvalue weighted by Gasteiger charge is 2.28. The van der Waals surface area contributed by atoms with Gasteiger partial charge in [0.15, 0.2) is 0 Å². The molecule has 1 aliphatic heterocycles. The second-order valence-electron chi connectivity index (χ2n) is 8.55. The Labute approximate surface area is 145 Å². The maximum absolute atomic E-state index is 12.1. The maximum atomic E-state index is 12.1. The van der Waals surface area contributed by atoms with E-state index in [2.05, 4.69) is 11.6 Å². The molecule has 1 saturated heterocycles. The fourth-order valence-corrected chi connectivity index (χ4v) is 3.40. The smallest absolute Gasteiger partial charge is 0.410 e. The van der Waals surface area contributed by atoms with Gasteiger partial charge in [0.25, 0.3) is 0 Å². The third-order valence-corrected chi connectivity index (χ3v) is 5.55. The minimum absolute atomic E-state index is 0. The Morgan fingerprint density at radius 1 is 1.26 bits per heavy atom. The molecule has 6 heteroatoms. The minimum atomic E-state index is -1.03. The quantitative estimate of drug-likeness (QED) is 0.842. The number of nitrogens with one attached hydrogen (secondary N) is 1. The molecular weight excluding hydrogens is 312 g/mol. The van der Waals surface area contributed by atoms with E-state index in [1.807, 2.05) is 41.5 Å². The lowest BCUT2D eigenvalue weighted by Crippen LogP contribution is -2.43. The van der Waals surface area contributed by atoms with Gasteiger partial charge < -0.3 is 9.64 Å². The number of nitrogens with zero attached hydrogens (tertiary/aromatic N) is 1. The molecular formula is C17H36N2O3S. The molecule has 2 atom stereocenters. The molecule has 1 N–H and O–H groups in total. The first-order valence-electron chi connectivity index (χ1n) is 8.54. The second-order valence-corrected chi connectivity index (χ2v) is 10.5. The van der Waals surface area contributed by atoms with Crippen molar-refractivity contribution < 1.29 is 15.2 Å². The molecule has 5 nitrogen and oxygen atoms in total. The lowest BCUT2D eigenvalue weighted by Gasteiger charge is -2.34. The molecule has 1 heterocycles. The number of carbonyl (C=O) groups excluding carboxylic acids is 1. The summed E-state index contributed by atoms with van der Waals surface area (Å²) in [5.41, 5.74) is -0.441. The number of hydrogen-bond acceptors (Lipinski definition) is 3. The van der Waals surface area contributed by atoms with E-state index in [0.717, 1.165) is 32.4 Å². The van der Waals surface area contributed by atoms with Crippen molar-refractivity contribution in [3.63, 3.8) is 0 Å². The topological polar surface area (TPSA) is 58.6 Å². The van der Waals surface area contributed by atoms with Gasteiger partial charge in [-0.15, -0.1) is 0 Å². The zero-order valence-corrected chi connectivity index (χ0v) is 16.6. The van der Waals surface area contributed by atoms with Gasteiger partial charge >= 0.3 is 6.09 Å². The fraction of sp³-hybridized carbons (Fsp3) is 0.941. The summed E-state index contributed by atoms with van der Waals surface area (Å²) in [5.74, 6) is 0.563. The number of rotatable bonds is 4. The minimum Gasteiger partial charge on any atom is -0.444 e. The van der Waals surface area contributed by atoms with E-state index in [0.29, 0.717) is 5.92 Å². The average Bonchev–Trinajstić information content (AvgIpc) is 2.36. The Kier molecular flexibility index (Phi) is 7.08. The molecule has 1 amide bonds. The second kappa shape index (κ2) is 7.97. The zero-order valence-electron chi connectivity index (χ0n) is 15.8. The van der Waals surface area contributed by atoms with Crippen LogP contribution in [0.1, 0.15) is 69.2 Å². The van der Waals surface area contributed by atoms with Crippen LogP contribution >= 0.6 is 0 Å². The largest absolute Gasteiger partial charge is 0.444 e. The van der Waals surface area contributed by atoms with E-state index in [1.165, 1.54) is 0 Å². The summed E-state index contributed by atoms with van der Waals surface area (Å²) in [6.45, 7) is 15.2. The van der Waals surface area contributed by atoms with Crippen molar-refractivity contribution in [2.24, 2.45) is 5.92 Å². The highest BCUT2D eigenvalue weighted by molar-refractivity contribution is 7.84. The lowest BCUT2D eigenvalue weighted by molar-refractivity contribution is 0.0179. The Balaban J connectivity index is 0.00000529. The SMILES string of the molecule is C[C@H](CC1CCN(C(=O)OC(C)(C)C)CC1)N[S@@](=O)C(C)(C)C.[HH]. The van der Waals surface area contributed by atoms with Gasteiger partial charge in [-0.2, -0.15) is 0 Å². The van der Waals surface area contributed by atoms with Gasteiger partial charge in [-0.1, -0.05) is 0 Å². The number of amides is 1. The summed E-state index contributed by atoms with van der Waals surface area (Å²) >= 11 is 0. The van der Waals surface area contributed by atoms with Crippen LogP contribution in [0.3, 0.4) is 0 Å². The molecule has 0 saturated carbocycles. The van der Waals surface area contributed by atoms with E-state index in [4.69, 9.17) is 4.74 Å². The van der Waals surface area contributed by atoms with Crippen LogP contribution in [0.2, 0.25) is 0 Å². The van der Waals surface area contributed by atoms with Crippen molar-refractivity contribution in [3.05, 3.63) is 0 Å². The van der Waals surface area contributed by atoms with Crippen molar-refractivity contribution in [1.82, 2.24) is 9.62 Å². The van der Waals surface area contributed by atoms with E-state index >= 15 is 0 Å². The zero-order chi connectivity index (χ0) is 17.8. The molecule has 1 aliphatic rings. The van der Waals surface area contributed by atoms with Crippen LogP contribution in [0.15, 0.2) is 0 Å². The number of hydrogen-bond donors (Lipinski definition) is 1. The fourth-order valence-electron chi connectivity index (χ4n) is 2.59. The van der Waals surface area contributed by atoms with E-state index in [9.17, 15) is 9.00 Å². The Bertz CT molecular complexity index is 425. The van der Waals surface area contributed by atoms with Crippen molar-refractivity contribution in [2.45, 2.75) is 84.1 Å². The van der Waals surface area contributed by atoms with Crippen molar-refractivity contribution in [1.29, 1.82) is 0 Å². The standard InChI is InChI=1S/C17H34N2O3S.H2/c1-13(18-23(21)17(5,6)7)12-14-8-10-19(11-9-14)15(20)22-16(2,3)4;/h13-14,18H,8-12H2,1-7H3;1H/t13-,23+;/m1./s1. The lowest BCUT2D eigenvalue weighted by atomic mass is 9.91. The number of likely N-dealkylation sites (tertiary alicyclic amines) is 1. The molecule has 0 aromatic heterocycles. The first-order chi connectivity index (χ1) is 10.4. The molecule has 0 bridgehead atoms. The number of piperidine rings is 1. The normalized spacial score (nSPS) is 20.2. The van der Waals surface area contributed by atoms with Crippen molar-refractivity contribution >= 4 is 17.1 Å². The molecule has 0 spiro atoms. The molecule has 1 fully saturated rings. The summed E-state index contributed by atoms with van der Waals surface area (Å²) in [7, 11) is -1.03. The van der Waals surface area contributed by atoms with Crippen LogP contribution in [0.4, 0.5) is 4.79 Å². The highest BCUT2D eigenvalue weighted by Crippen LogP contribution is 2.24. The van der Waals surface area contributed by atoms with Gasteiger partial charge in [0.2, 0.25) is 0 Å². The van der Waals surface area contributed by atoms with Crippen LogP contribution in [-0.4, -0.2) is 44.7 Å². The predicted octanol–water partition coefficient (Wildman–Crippen LogP) is 3.71. The predicted molar refractivity (Wildman–Crippen MR) is 97.8 cm³/mol. The van der Waals surface area contributed by atoms with Gasteiger partial charge in [-0.3, -0.25) is 0 Å². The summed E-state index contributed by atoms with van der Waals surface area (Å²) in [5, 5.41) is 0. The van der Waals surface area contributed by atoms with E-state index in [1.54, 1.807) is 4.90 Å². The molecule has 0 radical (unpaired) electrons. The molecule has 0 aliphatic carbocycles. The third-order valence-electron chi connectivity index (χ3n) is 3.82. The van der Waals surface area contributed by atoms with Crippen molar-refractivity contribution in [2.75, 3.05) is 13.1 Å². The molecule has 0 aromatic carbocycles. The molecule has 23 heavy (non-hydrogen) atoms. The van der Waals surface area contributed by atoms with Gasteiger partial charge in [0.05, 0.1) is 15.7 Å². The van der Waals surface area contributed by atoms with E-state index in [-0.39, 0.29) is 18.3 Å². The Hall–Kier alpha value is -0.620. The Morgan fingerprint density at radius 2 is 1.78 bits per heavy atom. The summed E-state index contributed by atoms with van der Waals surface area (Å²) in [6.07, 6.45) is 2.74. The summed E-state index contributed by atoms with van der Waals surface area (Å²) in [6, 6.07) is 0.216. The maximum Gasteiger partial charge on any atom is 0.410 e. The van der Waals surface area contributed by atoms with Gasteiger partial charge in [0, 0.05) is 20.6 Å². The van der Waals surface area contributed by atoms with Crippen LogP contribution < -0.4 is 4.72 Å². The van der Waals surface area contributed by atoms with Crippen LogP contribution in [0.5, 0.6) is 0 Å². The third kappa shape index (κ3) is 7.66. The first-order valence-corrected chi connectivity index (χ1v) is 9.69. The summed E-state index contributed by atoms with van der Waals surface area (Å²) in [4.78, 5) is 13.8. The van der Waals surface area contributed by atoms with E-state index < -0.39 is 16.6 Å². The molecule has 1 rings (SSSR count). The average molecular weight is 349 g/mol.